The number of nitrogens with one attached hydrogen (secondary N) is 1. The highest BCUT2D eigenvalue weighted by Crippen LogP contribution is 2.10. The third-order valence-electron chi connectivity index (χ3n) is 2.83. The third kappa shape index (κ3) is 20.4. The van der Waals surface area contributed by atoms with Crippen molar-refractivity contribution in [2.45, 2.75) is 71.1 Å². The Hall–Kier alpha value is -1.06. The van der Waals surface area contributed by atoms with E-state index in [0.717, 1.165) is 13.0 Å². The Morgan fingerprint density at radius 3 is 1.67 bits per heavy atom. The third-order valence-corrected chi connectivity index (χ3v) is 2.83. The molecule has 0 radical (unpaired) electrons. The standard InChI is InChI=1S/C13H28N2O.CH2O/c1-2-3-4-5-6-7-8-9-10-11-12-15-13(14)16;1-2/h2-12H2,1H3,(H3,14,15,16);1H2. The van der Waals surface area contributed by atoms with E-state index in [1.165, 1.54) is 57.8 Å². The summed E-state index contributed by atoms with van der Waals surface area (Å²) in [5.41, 5.74) is 4.96. The Kier molecular flexibility index (Phi) is 19.6. The van der Waals surface area contributed by atoms with E-state index in [9.17, 15) is 4.79 Å². The van der Waals surface area contributed by atoms with Gasteiger partial charge in [0.05, 0.1) is 0 Å². The van der Waals surface area contributed by atoms with Crippen molar-refractivity contribution >= 4 is 12.8 Å². The van der Waals surface area contributed by atoms with E-state index in [4.69, 9.17) is 10.5 Å². The molecule has 0 bridgehead atoms. The molecule has 0 aromatic carbocycles. The lowest BCUT2D eigenvalue weighted by molar-refractivity contribution is -0.0979. The minimum absolute atomic E-state index is 0.407. The second kappa shape index (κ2) is 18.3. The summed E-state index contributed by atoms with van der Waals surface area (Å²) >= 11 is 0. The molecule has 18 heavy (non-hydrogen) atoms. The first-order valence-electron chi connectivity index (χ1n) is 7.09. The fraction of sp³-hybridized carbons (Fsp3) is 0.857. The number of nitrogens with two attached hydrogens (primary N) is 1. The number of amides is 2. The lowest BCUT2D eigenvalue weighted by Gasteiger charge is -2.02. The van der Waals surface area contributed by atoms with Crippen molar-refractivity contribution in [1.29, 1.82) is 0 Å². The molecule has 108 valence electrons. The molecule has 3 N–H and O–H groups in total. The van der Waals surface area contributed by atoms with Gasteiger partial charge in [-0.05, 0) is 6.42 Å². The summed E-state index contributed by atoms with van der Waals surface area (Å²) < 4.78 is 0. The number of urea groups is 1. The van der Waals surface area contributed by atoms with Crippen molar-refractivity contribution in [3.8, 4) is 0 Å². The largest absolute Gasteiger partial charge is 0.352 e. The monoisotopic (exact) mass is 258 g/mol. The first-order valence-corrected chi connectivity index (χ1v) is 7.09. The molecule has 0 aliphatic carbocycles. The van der Waals surface area contributed by atoms with Crippen LogP contribution in [0.25, 0.3) is 0 Å². The number of primary amides is 1. The maximum atomic E-state index is 10.4. The predicted octanol–water partition coefficient (Wildman–Crippen LogP) is 3.39. The second-order valence-electron chi connectivity index (χ2n) is 4.47. The van der Waals surface area contributed by atoms with Crippen molar-refractivity contribution < 1.29 is 9.59 Å². The zero-order chi connectivity index (χ0) is 14.1. The van der Waals surface area contributed by atoms with Crippen LogP contribution >= 0.6 is 0 Å². The average molecular weight is 258 g/mol. The molecule has 0 saturated heterocycles. The van der Waals surface area contributed by atoms with Crippen LogP contribution in [0.3, 0.4) is 0 Å². The molecule has 2 amide bonds. The Bertz CT molecular complexity index is 175. The van der Waals surface area contributed by atoms with Gasteiger partial charge < -0.3 is 15.8 Å². The molecule has 0 rings (SSSR count). The highest BCUT2D eigenvalue weighted by Gasteiger charge is 1.93. The van der Waals surface area contributed by atoms with Crippen LogP contribution in [-0.2, 0) is 4.79 Å². The topological polar surface area (TPSA) is 72.2 Å². The van der Waals surface area contributed by atoms with Crippen molar-refractivity contribution in [3.05, 3.63) is 0 Å². The minimum Gasteiger partial charge on any atom is -0.352 e. The molecule has 0 heterocycles. The van der Waals surface area contributed by atoms with Crippen LogP contribution in [0.2, 0.25) is 0 Å². The molecular weight excluding hydrogens is 228 g/mol. The van der Waals surface area contributed by atoms with Crippen LogP contribution in [-0.4, -0.2) is 19.4 Å². The Morgan fingerprint density at radius 2 is 1.28 bits per heavy atom. The predicted molar refractivity (Wildman–Crippen MR) is 76.6 cm³/mol. The SMILES string of the molecule is C=O.CCCCCCCCCCCCNC(N)=O. The van der Waals surface area contributed by atoms with Gasteiger partial charge in [-0.2, -0.15) is 0 Å². The second-order valence-corrected chi connectivity index (χ2v) is 4.47. The smallest absolute Gasteiger partial charge is 0.312 e. The molecule has 0 aliphatic rings. The van der Waals surface area contributed by atoms with E-state index in [-0.39, 0.29) is 0 Å². The fourth-order valence-electron chi connectivity index (χ4n) is 1.82. The summed E-state index contributed by atoms with van der Waals surface area (Å²) in [7, 11) is 0. The van der Waals surface area contributed by atoms with Gasteiger partial charge >= 0.3 is 6.03 Å². The fourth-order valence-corrected chi connectivity index (χ4v) is 1.82. The van der Waals surface area contributed by atoms with Gasteiger partial charge in [0.2, 0.25) is 0 Å². The first kappa shape index (κ1) is 19.3. The highest BCUT2D eigenvalue weighted by molar-refractivity contribution is 5.71. The molecule has 0 aromatic heterocycles. The van der Waals surface area contributed by atoms with E-state index in [2.05, 4.69) is 12.2 Å². The molecule has 0 aliphatic heterocycles. The minimum atomic E-state index is -0.407. The van der Waals surface area contributed by atoms with Gasteiger partial charge in [0.25, 0.3) is 0 Å². The zero-order valence-electron chi connectivity index (χ0n) is 11.9. The van der Waals surface area contributed by atoms with Gasteiger partial charge in [-0.15, -0.1) is 0 Å². The van der Waals surface area contributed by atoms with Crippen molar-refractivity contribution in [2.24, 2.45) is 5.73 Å². The van der Waals surface area contributed by atoms with Gasteiger partial charge in [-0.1, -0.05) is 64.7 Å². The summed E-state index contributed by atoms with van der Waals surface area (Å²) in [5, 5.41) is 2.61. The van der Waals surface area contributed by atoms with Gasteiger partial charge in [-0.25, -0.2) is 4.79 Å². The molecule has 0 aromatic rings. The number of rotatable bonds is 11. The number of hydrogen-bond acceptors (Lipinski definition) is 2. The summed E-state index contributed by atoms with van der Waals surface area (Å²) in [6.45, 7) is 4.98. The molecule has 4 nitrogen and oxygen atoms in total. The molecule has 0 spiro atoms. The van der Waals surface area contributed by atoms with Gasteiger partial charge in [0, 0.05) is 6.54 Å². The molecule has 0 unspecified atom stereocenters. The van der Waals surface area contributed by atoms with E-state index >= 15 is 0 Å². The Morgan fingerprint density at radius 1 is 0.889 bits per heavy atom. The van der Waals surface area contributed by atoms with Crippen molar-refractivity contribution in [2.75, 3.05) is 6.54 Å². The quantitative estimate of drug-likeness (QED) is 0.557. The van der Waals surface area contributed by atoms with Crippen LogP contribution < -0.4 is 11.1 Å². The maximum absolute atomic E-state index is 10.4. The van der Waals surface area contributed by atoms with Gasteiger partial charge in [0.15, 0.2) is 0 Å². The highest BCUT2D eigenvalue weighted by atomic mass is 16.2. The van der Waals surface area contributed by atoms with Crippen molar-refractivity contribution in [1.82, 2.24) is 5.32 Å². The zero-order valence-corrected chi connectivity index (χ0v) is 11.9. The molecule has 0 atom stereocenters. The van der Waals surface area contributed by atoms with E-state index in [1.54, 1.807) is 0 Å². The van der Waals surface area contributed by atoms with Crippen LogP contribution in [0.5, 0.6) is 0 Å². The molecule has 0 saturated carbocycles. The molecular formula is C14H30N2O2. The van der Waals surface area contributed by atoms with E-state index in [1.807, 2.05) is 6.79 Å². The van der Waals surface area contributed by atoms with E-state index < -0.39 is 6.03 Å². The lowest BCUT2D eigenvalue weighted by Crippen LogP contribution is -2.29. The summed E-state index contributed by atoms with van der Waals surface area (Å²) in [4.78, 5) is 18.4. The van der Waals surface area contributed by atoms with Crippen LogP contribution in [0.1, 0.15) is 71.1 Å². The lowest BCUT2D eigenvalue weighted by atomic mass is 10.1. The normalized spacial score (nSPS) is 9.39. The maximum Gasteiger partial charge on any atom is 0.312 e. The van der Waals surface area contributed by atoms with Crippen LogP contribution in [0, 0.1) is 0 Å². The van der Waals surface area contributed by atoms with Gasteiger partial charge in [-0.3, -0.25) is 0 Å². The Labute approximate surface area is 112 Å². The Balaban J connectivity index is 0. The number of carbonyl (C=O) groups is 2. The first-order chi connectivity index (χ1) is 8.77. The number of unbranched alkanes of at least 4 members (excludes halogenated alkanes) is 9. The summed E-state index contributed by atoms with van der Waals surface area (Å²) in [6.07, 6.45) is 13.2. The number of carbonyl (C=O) groups excluding carboxylic acids is 2. The molecule has 4 heteroatoms. The van der Waals surface area contributed by atoms with Crippen LogP contribution in [0.15, 0.2) is 0 Å². The van der Waals surface area contributed by atoms with Crippen LogP contribution in [0.4, 0.5) is 4.79 Å². The van der Waals surface area contributed by atoms with Crippen molar-refractivity contribution in [3.63, 3.8) is 0 Å². The molecule has 0 fully saturated rings. The van der Waals surface area contributed by atoms with E-state index in [0.29, 0.717) is 0 Å². The number of hydrogen-bond donors (Lipinski definition) is 2. The van der Waals surface area contributed by atoms with Gasteiger partial charge in [0.1, 0.15) is 6.79 Å². The average Bonchev–Trinajstić information content (AvgIpc) is 2.38. The summed E-state index contributed by atoms with van der Waals surface area (Å²) in [6, 6.07) is -0.407. The summed E-state index contributed by atoms with van der Waals surface area (Å²) in [5.74, 6) is 0.